The van der Waals surface area contributed by atoms with E-state index >= 15 is 0 Å². The molecule has 8 aromatic carbocycles. The number of hydrogen-bond donors (Lipinski definition) is 0. The van der Waals surface area contributed by atoms with Crippen LogP contribution in [0.1, 0.15) is 0 Å². The van der Waals surface area contributed by atoms with Crippen molar-refractivity contribution >= 4 is 43.7 Å². The fraction of sp³-hybridized carbons (Fsp3) is 0. The fourth-order valence-electron chi connectivity index (χ4n) is 7.90. The molecule has 0 bridgehead atoms. The molecule has 0 radical (unpaired) electrons. The van der Waals surface area contributed by atoms with Crippen molar-refractivity contribution in [3.8, 4) is 62.1 Å². The molecular formula is C51H32N4O. The van der Waals surface area contributed by atoms with E-state index in [-0.39, 0.29) is 0 Å². The molecule has 3 aromatic heterocycles. The van der Waals surface area contributed by atoms with E-state index in [9.17, 15) is 0 Å². The van der Waals surface area contributed by atoms with Crippen molar-refractivity contribution in [2.24, 2.45) is 0 Å². The van der Waals surface area contributed by atoms with Gasteiger partial charge >= 0.3 is 0 Å². The second kappa shape index (κ2) is 13.0. The number of rotatable bonds is 6. The predicted molar refractivity (Wildman–Crippen MR) is 229 cm³/mol. The maximum atomic E-state index is 6.49. The van der Waals surface area contributed by atoms with Gasteiger partial charge in [0.05, 0.1) is 11.0 Å². The van der Waals surface area contributed by atoms with Gasteiger partial charge < -0.3 is 8.98 Å². The van der Waals surface area contributed by atoms with Crippen LogP contribution in [0.2, 0.25) is 0 Å². The molecule has 0 saturated carbocycles. The van der Waals surface area contributed by atoms with Crippen molar-refractivity contribution in [1.29, 1.82) is 0 Å². The molecule has 0 aliphatic rings. The van der Waals surface area contributed by atoms with Crippen LogP contribution in [0.4, 0.5) is 0 Å². The minimum absolute atomic E-state index is 0.596. The van der Waals surface area contributed by atoms with E-state index in [0.717, 1.165) is 61.0 Å². The van der Waals surface area contributed by atoms with E-state index in [1.54, 1.807) is 0 Å². The first-order valence-corrected chi connectivity index (χ1v) is 18.8. The Morgan fingerprint density at radius 2 is 0.804 bits per heavy atom. The van der Waals surface area contributed by atoms with Gasteiger partial charge in [0.2, 0.25) is 0 Å². The number of fused-ring (bicyclic) bond motifs is 6. The summed E-state index contributed by atoms with van der Waals surface area (Å²) in [6, 6.07) is 67.6. The highest BCUT2D eigenvalue weighted by Gasteiger charge is 2.17. The Kier molecular flexibility index (Phi) is 7.42. The zero-order valence-corrected chi connectivity index (χ0v) is 30.2. The molecule has 0 unspecified atom stereocenters. The van der Waals surface area contributed by atoms with Crippen molar-refractivity contribution in [3.05, 3.63) is 194 Å². The summed E-state index contributed by atoms with van der Waals surface area (Å²) in [6.07, 6.45) is 0. The molecule has 5 heteroatoms. The fourth-order valence-corrected chi connectivity index (χ4v) is 7.90. The Morgan fingerprint density at radius 1 is 0.304 bits per heavy atom. The largest absolute Gasteiger partial charge is 0.456 e. The Bertz CT molecular complexity index is 3170. The summed E-state index contributed by atoms with van der Waals surface area (Å²) >= 11 is 0. The van der Waals surface area contributed by atoms with Gasteiger partial charge in [-0.15, -0.1) is 0 Å². The summed E-state index contributed by atoms with van der Waals surface area (Å²) in [5, 5.41) is 4.55. The van der Waals surface area contributed by atoms with Crippen molar-refractivity contribution in [2.45, 2.75) is 0 Å². The van der Waals surface area contributed by atoms with Crippen molar-refractivity contribution in [1.82, 2.24) is 19.5 Å². The molecule has 0 atom stereocenters. The summed E-state index contributed by atoms with van der Waals surface area (Å²) < 4.78 is 8.87. The molecule has 262 valence electrons. The number of furan rings is 1. The van der Waals surface area contributed by atoms with Gasteiger partial charge in [0.15, 0.2) is 17.5 Å². The third kappa shape index (κ3) is 5.45. The lowest BCUT2D eigenvalue weighted by Gasteiger charge is -2.09. The van der Waals surface area contributed by atoms with Crippen molar-refractivity contribution in [2.75, 3.05) is 0 Å². The van der Waals surface area contributed by atoms with Crippen LogP contribution < -0.4 is 0 Å². The highest BCUT2D eigenvalue weighted by Crippen LogP contribution is 2.39. The van der Waals surface area contributed by atoms with E-state index in [2.05, 4.69) is 132 Å². The second-order valence-electron chi connectivity index (χ2n) is 14.1. The van der Waals surface area contributed by atoms with E-state index in [4.69, 9.17) is 19.4 Å². The van der Waals surface area contributed by atoms with Crippen LogP contribution in [-0.2, 0) is 0 Å². The Labute approximate surface area is 322 Å². The lowest BCUT2D eigenvalue weighted by atomic mass is 10.00. The van der Waals surface area contributed by atoms with Crippen LogP contribution in [0.25, 0.3) is 106 Å². The molecule has 0 aliphatic heterocycles. The molecule has 0 saturated heterocycles. The van der Waals surface area contributed by atoms with Gasteiger partial charge in [0.1, 0.15) is 11.2 Å². The smallest absolute Gasteiger partial charge is 0.164 e. The first-order valence-electron chi connectivity index (χ1n) is 18.8. The molecule has 5 nitrogen and oxygen atoms in total. The van der Waals surface area contributed by atoms with Crippen LogP contribution in [0.3, 0.4) is 0 Å². The monoisotopic (exact) mass is 716 g/mol. The Morgan fingerprint density at radius 3 is 1.48 bits per heavy atom. The van der Waals surface area contributed by atoms with Crippen LogP contribution >= 0.6 is 0 Å². The summed E-state index contributed by atoms with van der Waals surface area (Å²) in [4.78, 5) is 14.7. The molecule has 11 aromatic rings. The summed E-state index contributed by atoms with van der Waals surface area (Å²) in [5.41, 5.74) is 12.5. The summed E-state index contributed by atoms with van der Waals surface area (Å²) in [7, 11) is 0. The molecule has 3 heterocycles. The lowest BCUT2D eigenvalue weighted by molar-refractivity contribution is 0.669. The first kappa shape index (κ1) is 31.9. The van der Waals surface area contributed by atoms with Crippen molar-refractivity contribution < 1.29 is 4.42 Å². The molecule has 0 fully saturated rings. The second-order valence-corrected chi connectivity index (χ2v) is 14.1. The third-order valence-electron chi connectivity index (χ3n) is 10.6. The zero-order valence-electron chi connectivity index (χ0n) is 30.2. The zero-order chi connectivity index (χ0) is 37.0. The molecule has 0 aliphatic carbocycles. The van der Waals surface area contributed by atoms with Crippen LogP contribution in [0.15, 0.2) is 199 Å². The van der Waals surface area contributed by atoms with Crippen molar-refractivity contribution in [3.63, 3.8) is 0 Å². The van der Waals surface area contributed by atoms with Gasteiger partial charge in [-0.05, 0) is 76.9 Å². The molecular weight excluding hydrogens is 685 g/mol. The Hall–Kier alpha value is -7.63. The SMILES string of the molecule is c1ccc(-c2ccc3c(c2)c2ccc(-c4ccc5oc6cc(-c7nc(-c8ccccc8)nc(-c8ccccc8)n7)ccc6c5c4)cc2n3-c2ccccc2)cc1. The number of hydrogen-bond acceptors (Lipinski definition) is 4. The van der Waals surface area contributed by atoms with Gasteiger partial charge in [-0.3, -0.25) is 0 Å². The topological polar surface area (TPSA) is 56.7 Å². The summed E-state index contributed by atoms with van der Waals surface area (Å²) in [5.74, 6) is 1.85. The first-order chi connectivity index (χ1) is 27.7. The standard InChI is InChI=1S/C51H32N4O/c1-5-13-33(14-6-1)36-23-27-45-43(29-36)41-25-21-38(31-46(41)55(45)40-19-11-4-12-20-40)37-24-28-47-44(30-37)42-26-22-39(32-48(42)56-47)51-53-49(34-15-7-2-8-16-34)52-50(54-51)35-17-9-3-10-18-35/h1-32H. The number of nitrogens with zero attached hydrogens (tertiary/aromatic N) is 4. The van der Waals surface area contributed by atoms with E-state index in [0.29, 0.717) is 17.5 Å². The van der Waals surface area contributed by atoms with E-state index < -0.39 is 0 Å². The average molecular weight is 717 g/mol. The number of para-hydroxylation sites is 1. The van der Waals surface area contributed by atoms with Gasteiger partial charge in [-0.25, -0.2) is 15.0 Å². The van der Waals surface area contributed by atoms with Crippen LogP contribution in [0.5, 0.6) is 0 Å². The highest BCUT2D eigenvalue weighted by atomic mass is 16.3. The quantitative estimate of drug-likeness (QED) is 0.172. The predicted octanol–water partition coefficient (Wildman–Crippen LogP) is 13.2. The van der Waals surface area contributed by atoms with Gasteiger partial charge in [0.25, 0.3) is 0 Å². The molecule has 0 spiro atoms. The summed E-state index contributed by atoms with van der Waals surface area (Å²) in [6.45, 7) is 0. The number of aromatic nitrogens is 4. The van der Waals surface area contributed by atoms with Gasteiger partial charge in [0, 0.05) is 43.9 Å². The minimum atomic E-state index is 0.596. The maximum absolute atomic E-state index is 6.49. The lowest BCUT2D eigenvalue weighted by Crippen LogP contribution is -2.00. The van der Waals surface area contributed by atoms with Gasteiger partial charge in [-0.1, -0.05) is 140 Å². The highest BCUT2D eigenvalue weighted by molar-refractivity contribution is 6.12. The van der Waals surface area contributed by atoms with Crippen LogP contribution in [0, 0.1) is 0 Å². The van der Waals surface area contributed by atoms with Crippen LogP contribution in [-0.4, -0.2) is 19.5 Å². The van der Waals surface area contributed by atoms with E-state index in [1.165, 1.54) is 27.4 Å². The molecule has 11 rings (SSSR count). The van der Waals surface area contributed by atoms with Gasteiger partial charge in [-0.2, -0.15) is 0 Å². The normalized spacial score (nSPS) is 11.6. The van der Waals surface area contributed by atoms with E-state index in [1.807, 2.05) is 66.7 Å². The molecule has 56 heavy (non-hydrogen) atoms. The molecule has 0 amide bonds. The third-order valence-corrected chi connectivity index (χ3v) is 10.6. The maximum Gasteiger partial charge on any atom is 0.164 e. The average Bonchev–Trinajstić information content (AvgIpc) is 3.81. The Balaban J connectivity index is 1.02. The minimum Gasteiger partial charge on any atom is -0.456 e. The molecule has 0 N–H and O–H groups in total. The number of benzene rings is 8.